The van der Waals surface area contributed by atoms with Crippen LogP contribution in [0.15, 0.2) is 15.0 Å². The van der Waals surface area contributed by atoms with E-state index in [1.165, 1.54) is 11.3 Å². The van der Waals surface area contributed by atoms with Gasteiger partial charge in [0.25, 0.3) is 5.91 Å². The summed E-state index contributed by atoms with van der Waals surface area (Å²) < 4.78 is 0.931. The third-order valence-electron chi connectivity index (χ3n) is 3.24. The number of carbonyl (C=O) groups excluding carboxylic acids is 1. The van der Waals surface area contributed by atoms with E-state index in [4.69, 9.17) is 10.9 Å². The Hall–Kier alpha value is -1.08. The van der Waals surface area contributed by atoms with Crippen molar-refractivity contribution >= 4 is 39.0 Å². The lowest BCUT2D eigenvalue weighted by Crippen LogP contribution is -2.56. The summed E-state index contributed by atoms with van der Waals surface area (Å²) in [5.41, 5.74) is 5.92. The molecule has 0 fully saturated rings. The number of carbonyl (C=O) groups is 1. The average molecular weight is 348 g/mol. The summed E-state index contributed by atoms with van der Waals surface area (Å²) in [7, 11) is 0. The Labute approximate surface area is 125 Å². The molecular weight excluding hydrogens is 330 g/mol. The number of thiophene rings is 1. The van der Waals surface area contributed by atoms with Crippen molar-refractivity contribution in [1.82, 2.24) is 5.32 Å². The van der Waals surface area contributed by atoms with E-state index in [0.29, 0.717) is 17.7 Å². The summed E-state index contributed by atoms with van der Waals surface area (Å²) in [4.78, 5) is 12.8. The molecule has 0 bridgehead atoms. The second kappa shape index (κ2) is 6.38. The smallest absolute Gasteiger partial charge is 0.262 e. The van der Waals surface area contributed by atoms with Crippen molar-refractivity contribution in [1.29, 1.82) is 0 Å². The molecule has 0 aliphatic heterocycles. The van der Waals surface area contributed by atoms with Crippen molar-refractivity contribution in [2.75, 3.05) is 0 Å². The van der Waals surface area contributed by atoms with Crippen LogP contribution in [0.25, 0.3) is 0 Å². The van der Waals surface area contributed by atoms with Gasteiger partial charge in [0.1, 0.15) is 5.54 Å². The van der Waals surface area contributed by atoms with Crippen molar-refractivity contribution in [3.63, 3.8) is 0 Å². The molecule has 0 aliphatic rings. The quantitative estimate of drug-likeness (QED) is 0.331. The van der Waals surface area contributed by atoms with Gasteiger partial charge in [-0.2, -0.15) is 0 Å². The maximum Gasteiger partial charge on any atom is 0.262 e. The van der Waals surface area contributed by atoms with E-state index in [-0.39, 0.29) is 11.7 Å². The van der Waals surface area contributed by atoms with Gasteiger partial charge in [-0.25, -0.2) is 0 Å². The lowest BCUT2D eigenvalue weighted by Gasteiger charge is -2.31. The van der Waals surface area contributed by atoms with E-state index in [2.05, 4.69) is 26.4 Å². The molecule has 4 N–H and O–H groups in total. The maximum absolute atomic E-state index is 12.3. The van der Waals surface area contributed by atoms with Crippen LogP contribution >= 0.6 is 27.3 Å². The fourth-order valence-electron chi connectivity index (χ4n) is 1.80. The van der Waals surface area contributed by atoms with E-state index in [1.54, 1.807) is 0 Å². The fourth-order valence-corrected chi connectivity index (χ4v) is 3.23. The molecule has 1 heterocycles. The number of nitrogens with one attached hydrogen (secondary N) is 1. The molecule has 5 nitrogen and oxygen atoms in total. The first-order valence-electron chi connectivity index (χ1n) is 5.96. The predicted octanol–water partition coefficient (Wildman–Crippen LogP) is 2.85. The Morgan fingerprint density at radius 1 is 1.58 bits per heavy atom. The predicted molar refractivity (Wildman–Crippen MR) is 80.9 cm³/mol. The molecule has 0 radical (unpaired) electrons. The summed E-state index contributed by atoms with van der Waals surface area (Å²) in [6.07, 6.45) is 1.10. The van der Waals surface area contributed by atoms with E-state index >= 15 is 0 Å². The Morgan fingerprint density at radius 2 is 2.16 bits per heavy atom. The minimum absolute atomic E-state index is 0.0261. The highest BCUT2D eigenvalue weighted by molar-refractivity contribution is 9.11. The highest BCUT2D eigenvalue weighted by Crippen LogP contribution is 2.28. The van der Waals surface area contributed by atoms with Crippen molar-refractivity contribution in [2.45, 2.75) is 39.2 Å². The minimum atomic E-state index is -0.809. The van der Waals surface area contributed by atoms with Gasteiger partial charge in [0.2, 0.25) is 0 Å². The van der Waals surface area contributed by atoms with E-state index in [1.807, 2.05) is 26.8 Å². The number of rotatable bonds is 5. The van der Waals surface area contributed by atoms with E-state index in [0.717, 1.165) is 9.35 Å². The molecule has 7 heteroatoms. The first kappa shape index (κ1) is 16.0. The molecule has 0 spiro atoms. The third kappa shape index (κ3) is 3.27. The SMILES string of the molecule is CCC(CC)(NC(=O)c1cc(C)c(Br)s1)C(N)=NO. The number of halogens is 1. The largest absolute Gasteiger partial charge is 0.409 e. The molecular formula is C12H18BrN3O2S. The van der Waals surface area contributed by atoms with Crippen LogP contribution < -0.4 is 11.1 Å². The van der Waals surface area contributed by atoms with Crippen LogP contribution in [-0.2, 0) is 0 Å². The van der Waals surface area contributed by atoms with Gasteiger partial charge in [0.15, 0.2) is 5.84 Å². The van der Waals surface area contributed by atoms with Crippen molar-refractivity contribution in [3.05, 3.63) is 20.3 Å². The Balaban J connectivity index is 3.00. The number of hydrogen-bond acceptors (Lipinski definition) is 4. The fraction of sp³-hybridized carbons (Fsp3) is 0.500. The lowest BCUT2D eigenvalue weighted by molar-refractivity contribution is 0.0922. The van der Waals surface area contributed by atoms with Gasteiger partial charge < -0.3 is 16.3 Å². The monoisotopic (exact) mass is 347 g/mol. The number of amides is 1. The maximum atomic E-state index is 12.3. The molecule has 1 aromatic heterocycles. The molecule has 0 saturated heterocycles. The van der Waals surface area contributed by atoms with Crippen LogP contribution in [0.4, 0.5) is 0 Å². The zero-order chi connectivity index (χ0) is 14.6. The second-order valence-corrected chi connectivity index (χ2v) is 6.67. The summed E-state index contributed by atoms with van der Waals surface area (Å²) >= 11 is 4.76. The number of oxime groups is 1. The van der Waals surface area contributed by atoms with Crippen LogP contribution in [0.3, 0.4) is 0 Å². The summed E-state index contributed by atoms with van der Waals surface area (Å²) in [6, 6.07) is 1.81. The van der Waals surface area contributed by atoms with Crippen LogP contribution in [0.2, 0.25) is 0 Å². The van der Waals surface area contributed by atoms with Gasteiger partial charge >= 0.3 is 0 Å². The zero-order valence-corrected chi connectivity index (χ0v) is 13.6. The number of nitrogens with two attached hydrogens (primary N) is 1. The molecule has 19 heavy (non-hydrogen) atoms. The second-order valence-electron chi connectivity index (χ2n) is 4.30. The molecule has 0 aliphatic carbocycles. The van der Waals surface area contributed by atoms with E-state index in [9.17, 15) is 4.79 Å². The molecule has 1 aromatic rings. The Kier molecular flexibility index (Phi) is 5.37. The summed E-state index contributed by atoms with van der Waals surface area (Å²) in [5.74, 6) is -0.188. The van der Waals surface area contributed by atoms with Crippen LogP contribution in [-0.4, -0.2) is 22.5 Å². The molecule has 0 saturated carbocycles. The van der Waals surface area contributed by atoms with Crippen LogP contribution in [0, 0.1) is 6.92 Å². The molecule has 0 aromatic carbocycles. The Bertz CT molecular complexity index is 476. The summed E-state index contributed by atoms with van der Waals surface area (Å²) in [6.45, 7) is 5.70. The molecule has 1 rings (SSSR count). The van der Waals surface area contributed by atoms with Gasteiger partial charge in [-0.15, -0.1) is 11.3 Å². The van der Waals surface area contributed by atoms with Crippen LogP contribution in [0.5, 0.6) is 0 Å². The third-order valence-corrected chi connectivity index (χ3v) is 5.37. The van der Waals surface area contributed by atoms with Gasteiger partial charge in [-0.1, -0.05) is 19.0 Å². The van der Waals surface area contributed by atoms with Crippen molar-refractivity contribution < 1.29 is 10.0 Å². The molecule has 0 atom stereocenters. The minimum Gasteiger partial charge on any atom is -0.409 e. The lowest BCUT2D eigenvalue weighted by atomic mass is 9.91. The number of nitrogens with zero attached hydrogens (tertiary/aromatic N) is 1. The van der Waals surface area contributed by atoms with Crippen molar-refractivity contribution in [2.24, 2.45) is 10.9 Å². The van der Waals surface area contributed by atoms with Crippen LogP contribution in [0.1, 0.15) is 41.9 Å². The van der Waals surface area contributed by atoms with Gasteiger partial charge in [-0.05, 0) is 47.3 Å². The highest BCUT2D eigenvalue weighted by Gasteiger charge is 2.34. The summed E-state index contributed by atoms with van der Waals surface area (Å²) in [5, 5.41) is 14.8. The van der Waals surface area contributed by atoms with Gasteiger partial charge in [-0.3, -0.25) is 4.79 Å². The van der Waals surface area contributed by atoms with Gasteiger partial charge in [0, 0.05) is 0 Å². The molecule has 1 amide bonds. The number of aryl methyl sites for hydroxylation is 1. The zero-order valence-electron chi connectivity index (χ0n) is 11.2. The highest BCUT2D eigenvalue weighted by atomic mass is 79.9. The number of amidine groups is 1. The Morgan fingerprint density at radius 3 is 2.53 bits per heavy atom. The average Bonchev–Trinajstić information content (AvgIpc) is 2.75. The molecule has 0 unspecified atom stereocenters. The van der Waals surface area contributed by atoms with Crippen molar-refractivity contribution in [3.8, 4) is 0 Å². The topological polar surface area (TPSA) is 87.7 Å². The normalized spacial score (nSPS) is 12.5. The first-order valence-corrected chi connectivity index (χ1v) is 7.57. The molecule has 106 valence electrons. The van der Waals surface area contributed by atoms with E-state index < -0.39 is 5.54 Å². The number of hydrogen-bond donors (Lipinski definition) is 3. The first-order chi connectivity index (χ1) is 8.90. The standard InChI is InChI=1S/C12H18BrN3O2S/c1-4-12(5-2,11(14)16-18)15-10(17)8-6-7(3)9(13)19-8/h6,18H,4-5H2,1-3H3,(H2,14,16)(H,15,17). The van der Waals surface area contributed by atoms with Gasteiger partial charge in [0.05, 0.1) is 8.66 Å².